The highest BCUT2D eigenvalue weighted by Crippen LogP contribution is 2.18. The molecule has 0 fully saturated rings. The second-order valence-electron chi connectivity index (χ2n) is 6.29. The Bertz CT molecular complexity index is 823. The lowest BCUT2D eigenvalue weighted by molar-refractivity contribution is 0.410. The van der Waals surface area contributed by atoms with Gasteiger partial charge < -0.3 is 15.4 Å². The van der Waals surface area contributed by atoms with Gasteiger partial charge in [-0.1, -0.05) is 48.5 Å². The number of ether oxygens (including phenoxy) is 1. The molecule has 0 spiro atoms. The zero-order chi connectivity index (χ0) is 18.7. The Hall–Kier alpha value is -3.08. The Balaban J connectivity index is 1.43. The summed E-state index contributed by atoms with van der Waals surface area (Å²) in [5.74, 6) is 2.59. The van der Waals surface area contributed by atoms with Crippen LogP contribution in [0.15, 0.2) is 67.0 Å². The second-order valence-corrected chi connectivity index (χ2v) is 6.29. The summed E-state index contributed by atoms with van der Waals surface area (Å²) in [6.07, 6.45) is 4.58. The van der Waals surface area contributed by atoms with Crippen molar-refractivity contribution in [3.8, 4) is 5.75 Å². The topological polar surface area (TPSA) is 59.1 Å². The maximum Gasteiger partial charge on any atom is 0.131 e. The lowest BCUT2D eigenvalue weighted by Gasteiger charge is -2.10. The van der Waals surface area contributed by atoms with Gasteiger partial charge in [-0.3, -0.25) is 0 Å². The number of benzene rings is 2. The average Bonchev–Trinajstić information content (AvgIpc) is 2.73. The van der Waals surface area contributed by atoms with Gasteiger partial charge in [0.2, 0.25) is 0 Å². The molecule has 0 saturated heterocycles. The smallest absolute Gasteiger partial charge is 0.131 e. The van der Waals surface area contributed by atoms with Crippen molar-refractivity contribution in [1.29, 1.82) is 0 Å². The number of aryl methyl sites for hydroxylation is 1. The van der Waals surface area contributed by atoms with E-state index in [1.54, 1.807) is 13.4 Å². The minimum Gasteiger partial charge on any atom is -0.496 e. The Labute approximate surface area is 160 Å². The number of anilines is 2. The number of nitrogens with zero attached hydrogens (tertiary/aromatic N) is 2. The van der Waals surface area contributed by atoms with E-state index in [1.807, 2.05) is 30.3 Å². The van der Waals surface area contributed by atoms with E-state index in [0.717, 1.165) is 49.7 Å². The zero-order valence-corrected chi connectivity index (χ0v) is 15.7. The summed E-state index contributed by atoms with van der Waals surface area (Å²) in [5.41, 5.74) is 2.54. The fraction of sp³-hybridized carbons (Fsp3) is 0.273. The molecule has 5 heteroatoms. The number of rotatable bonds is 10. The Kier molecular flexibility index (Phi) is 7.04. The monoisotopic (exact) mass is 362 g/mol. The summed E-state index contributed by atoms with van der Waals surface area (Å²) in [6, 6.07) is 20.6. The molecule has 2 N–H and O–H groups in total. The normalized spacial score (nSPS) is 10.4. The number of nitrogens with one attached hydrogen (secondary N) is 2. The molecule has 0 unspecified atom stereocenters. The quantitative estimate of drug-likeness (QED) is 0.530. The van der Waals surface area contributed by atoms with Crippen molar-refractivity contribution in [3.63, 3.8) is 0 Å². The summed E-state index contributed by atoms with van der Waals surface area (Å²) in [6.45, 7) is 1.66. The molecule has 1 heterocycles. The van der Waals surface area contributed by atoms with Crippen LogP contribution in [-0.4, -0.2) is 30.2 Å². The molecule has 2 aromatic carbocycles. The summed E-state index contributed by atoms with van der Waals surface area (Å²) in [7, 11) is 1.70. The summed E-state index contributed by atoms with van der Waals surface area (Å²) in [5, 5.41) is 6.72. The molecular formula is C22H26N4O. The predicted molar refractivity (Wildman–Crippen MR) is 110 cm³/mol. The van der Waals surface area contributed by atoms with Gasteiger partial charge in [0.05, 0.1) is 7.11 Å². The van der Waals surface area contributed by atoms with Crippen LogP contribution in [0.5, 0.6) is 5.75 Å². The van der Waals surface area contributed by atoms with E-state index in [9.17, 15) is 0 Å². The number of hydrogen-bond donors (Lipinski definition) is 2. The van der Waals surface area contributed by atoms with Crippen LogP contribution < -0.4 is 15.4 Å². The largest absolute Gasteiger partial charge is 0.496 e. The van der Waals surface area contributed by atoms with Crippen molar-refractivity contribution >= 4 is 11.6 Å². The Morgan fingerprint density at radius 3 is 2.30 bits per heavy atom. The highest BCUT2D eigenvalue weighted by Gasteiger charge is 2.02. The molecule has 0 atom stereocenters. The van der Waals surface area contributed by atoms with E-state index in [4.69, 9.17) is 4.74 Å². The van der Waals surface area contributed by atoms with E-state index in [0.29, 0.717) is 0 Å². The fourth-order valence-corrected chi connectivity index (χ4v) is 2.94. The van der Waals surface area contributed by atoms with Crippen molar-refractivity contribution in [2.75, 3.05) is 30.8 Å². The standard InChI is InChI=1S/C22H26N4O/c1-27-20-12-6-5-11-19(20)13-15-24-22-16-21(25-17-26-22)23-14-7-10-18-8-3-2-4-9-18/h2-6,8-9,11-12,16-17H,7,10,13-15H2,1H3,(H2,23,24,25,26). The fourth-order valence-electron chi connectivity index (χ4n) is 2.94. The van der Waals surface area contributed by atoms with Crippen LogP contribution in [0.25, 0.3) is 0 Å². The van der Waals surface area contributed by atoms with Crippen LogP contribution in [-0.2, 0) is 12.8 Å². The van der Waals surface area contributed by atoms with Crippen molar-refractivity contribution in [2.45, 2.75) is 19.3 Å². The van der Waals surface area contributed by atoms with Gasteiger partial charge in [-0.15, -0.1) is 0 Å². The molecule has 3 aromatic rings. The maximum absolute atomic E-state index is 5.39. The number of aromatic nitrogens is 2. The van der Waals surface area contributed by atoms with Crippen molar-refractivity contribution in [3.05, 3.63) is 78.1 Å². The summed E-state index contributed by atoms with van der Waals surface area (Å²) >= 11 is 0. The number of para-hydroxylation sites is 1. The van der Waals surface area contributed by atoms with Crippen molar-refractivity contribution in [2.24, 2.45) is 0 Å². The first-order valence-electron chi connectivity index (χ1n) is 9.31. The molecule has 1 aromatic heterocycles. The second kappa shape index (κ2) is 10.2. The minimum atomic E-state index is 0.783. The number of methoxy groups -OCH3 is 1. The lowest BCUT2D eigenvalue weighted by Crippen LogP contribution is -2.09. The molecule has 140 valence electrons. The van der Waals surface area contributed by atoms with Crippen LogP contribution in [0, 0.1) is 0 Å². The van der Waals surface area contributed by atoms with Crippen LogP contribution in [0.1, 0.15) is 17.5 Å². The van der Waals surface area contributed by atoms with Gasteiger partial charge >= 0.3 is 0 Å². The SMILES string of the molecule is COc1ccccc1CCNc1cc(NCCCc2ccccc2)ncn1. The van der Waals surface area contributed by atoms with Gasteiger partial charge in [-0.05, 0) is 36.5 Å². The van der Waals surface area contributed by atoms with E-state index < -0.39 is 0 Å². The van der Waals surface area contributed by atoms with Crippen LogP contribution in [0.3, 0.4) is 0 Å². The average molecular weight is 362 g/mol. The molecule has 0 amide bonds. The lowest BCUT2D eigenvalue weighted by atomic mass is 10.1. The van der Waals surface area contributed by atoms with E-state index in [1.165, 1.54) is 11.1 Å². The highest BCUT2D eigenvalue weighted by molar-refractivity contribution is 5.46. The summed E-state index contributed by atoms with van der Waals surface area (Å²) < 4.78 is 5.39. The van der Waals surface area contributed by atoms with Crippen LogP contribution in [0.2, 0.25) is 0 Å². The van der Waals surface area contributed by atoms with Gasteiger partial charge in [0.1, 0.15) is 23.7 Å². The first-order chi connectivity index (χ1) is 13.3. The Morgan fingerprint density at radius 2 is 1.52 bits per heavy atom. The van der Waals surface area contributed by atoms with E-state index in [-0.39, 0.29) is 0 Å². The van der Waals surface area contributed by atoms with Gasteiger partial charge in [0.25, 0.3) is 0 Å². The molecule has 0 aliphatic carbocycles. The molecule has 27 heavy (non-hydrogen) atoms. The van der Waals surface area contributed by atoms with Crippen LogP contribution >= 0.6 is 0 Å². The van der Waals surface area contributed by atoms with Gasteiger partial charge in [0.15, 0.2) is 0 Å². The maximum atomic E-state index is 5.39. The van der Waals surface area contributed by atoms with Crippen LogP contribution in [0.4, 0.5) is 11.6 Å². The minimum absolute atomic E-state index is 0.783. The van der Waals surface area contributed by atoms with E-state index in [2.05, 4.69) is 50.9 Å². The molecule has 5 nitrogen and oxygen atoms in total. The van der Waals surface area contributed by atoms with Crippen molar-refractivity contribution < 1.29 is 4.74 Å². The highest BCUT2D eigenvalue weighted by atomic mass is 16.5. The predicted octanol–water partition coefficient (Wildman–Crippen LogP) is 4.18. The zero-order valence-electron chi connectivity index (χ0n) is 15.7. The Morgan fingerprint density at radius 1 is 0.815 bits per heavy atom. The molecule has 0 aliphatic rings. The van der Waals surface area contributed by atoms with E-state index >= 15 is 0 Å². The van der Waals surface area contributed by atoms with Gasteiger partial charge in [-0.25, -0.2) is 9.97 Å². The first kappa shape index (κ1) is 18.7. The number of hydrogen-bond acceptors (Lipinski definition) is 5. The molecule has 0 radical (unpaired) electrons. The van der Waals surface area contributed by atoms with Gasteiger partial charge in [0, 0.05) is 19.2 Å². The third-order valence-electron chi connectivity index (χ3n) is 4.35. The third-order valence-corrected chi connectivity index (χ3v) is 4.35. The van der Waals surface area contributed by atoms with Crippen molar-refractivity contribution in [1.82, 2.24) is 9.97 Å². The van der Waals surface area contributed by atoms with Gasteiger partial charge in [-0.2, -0.15) is 0 Å². The molecule has 0 bridgehead atoms. The molecule has 3 rings (SSSR count). The molecule has 0 aliphatic heterocycles. The third kappa shape index (κ3) is 5.99. The molecular weight excluding hydrogens is 336 g/mol. The first-order valence-corrected chi connectivity index (χ1v) is 9.31. The molecule has 0 saturated carbocycles. The summed E-state index contributed by atoms with van der Waals surface area (Å²) in [4.78, 5) is 8.59.